The third-order valence-electron chi connectivity index (χ3n) is 4.75. The first kappa shape index (κ1) is 22.9. The summed E-state index contributed by atoms with van der Waals surface area (Å²) in [6.07, 6.45) is 4.48. The molecule has 0 heterocycles. The Morgan fingerprint density at radius 2 is 1.70 bits per heavy atom. The van der Waals surface area contributed by atoms with E-state index in [1.54, 1.807) is 23.9 Å². The molecule has 0 spiro atoms. The number of hydrogen-bond acceptors (Lipinski definition) is 4. The first-order valence-electron chi connectivity index (χ1n) is 8.34. The van der Waals surface area contributed by atoms with E-state index in [9.17, 15) is 19.2 Å². The van der Waals surface area contributed by atoms with Gasteiger partial charge in [-0.2, -0.15) is 0 Å². The molecule has 3 atom stereocenters. The number of benzene rings is 1. The Kier molecular flexibility index (Phi) is 8.68. The Bertz CT molecular complexity index is 953. The second kappa shape index (κ2) is 10.2. The zero-order valence-electron chi connectivity index (χ0n) is 15.0. The summed E-state index contributed by atoms with van der Waals surface area (Å²) in [5, 5.41) is 0.807. The van der Waals surface area contributed by atoms with Crippen LogP contribution in [0.5, 0.6) is 0 Å². The zero-order valence-corrected chi connectivity index (χ0v) is 17.0. The molecule has 2 rings (SSSR count). The van der Waals surface area contributed by atoms with Gasteiger partial charge in [0.05, 0.1) is 16.7 Å². The summed E-state index contributed by atoms with van der Waals surface area (Å²) in [4.78, 5) is 46.5. The summed E-state index contributed by atoms with van der Waals surface area (Å²) in [6.45, 7) is 1.40. The maximum atomic E-state index is 12.3. The van der Waals surface area contributed by atoms with Gasteiger partial charge >= 0.3 is 0 Å². The molecule has 0 fully saturated rings. The van der Waals surface area contributed by atoms with E-state index in [0.717, 1.165) is 11.7 Å². The molecular weight excluding hydrogens is 403 g/mol. The van der Waals surface area contributed by atoms with Crippen molar-refractivity contribution >= 4 is 35.7 Å². The van der Waals surface area contributed by atoms with Crippen molar-refractivity contribution in [1.29, 1.82) is 0 Å². The Morgan fingerprint density at radius 1 is 1.04 bits per heavy atom. The second-order valence-corrected chi connectivity index (χ2v) is 9.66. The number of allylic oxidation sites excluding steroid dienone is 5. The fourth-order valence-corrected chi connectivity index (χ4v) is 7.18. The molecule has 4 nitrogen and oxygen atoms in total. The molecule has 27 heavy (non-hydrogen) atoms. The van der Waals surface area contributed by atoms with Gasteiger partial charge < -0.3 is 0 Å². The number of rotatable bonds is 5. The van der Waals surface area contributed by atoms with Crippen molar-refractivity contribution in [2.75, 3.05) is 6.16 Å². The largest absolute Gasteiger partial charge is 0.234 e. The third-order valence-corrected chi connectivity index (χ3v) is 8.88. The van der Waals surface area contributed by atoms with Gasteiger partial charge in [-0.3, -0.25) is 0 Å². The van der Waals surface area contributed by atoms with Crippen LogP contribution in [0.4, 0.5) is 0 Å². The van der Waals surface area contributed by atoms with Gasteiger partial charge in [-0.05, 0) is 23.5 Å². The summed E-state index contributed by atoms with van der Waals surface area (Å²) < 4.78 is 0. The predicted octanol–water partition coefficient (Wildman–Crippen LogP) is 2.65. The molecule has 3 unspecified atom stereocenters. The molecular formula is C21H19FeO4P. The van der Waals surface area contributed by atoms with Crippen molar-refractivity contribution in [1.82, 2.24) is 0 Å². The molecule has 0 saturated carbocycles. The molecule has 0 aliphatic heterocycles. The molecule has 0 bridgehead atoms. The van der Waals surface area contributed by atoms with E-state index in [2.05, 4.69) is 5.66 Å². The molecule has 0 N–H and O–H groups in total. The molecule has 0 radical (unpaired) electrons. The topological polar surface area (TPSA) is 68.3 Å². The van der Waals surface area contributed by atoms with Crippen LogP contribution in [0.3, 0.4) is 0 Å². The van der Waals surface area contributed by atoms with Crippen molar-refractivity contribution in [2.45, 2.75) is 25.9 Å². The van der Waals surface area contributed by atoms with Crippen LogP contribution >= 0.6 is 6.89 Å². The molecule has 1 aliphatic carbocycles. The average molecular weight is 422 g/mol. The van der Waals surface area contributed by atoms with Gasteiger partial charge in [0.2, 0.25) is 0 Å². The van der Waals surface area contributed by atoms with Gasteiger partial charge in [-0.15, -0.1) is 0 Å². The van der Waals surface area contributed by atoms with E-state index in [1.165, 1.54) is 6.08 Å². The first-order valence-corrected chi connectivity index (χ1v) is 10.4. The van der Waals surface area contributed by atoms with Crippen LogP contribution in [0, 0.1) is 5.92 Å². The van der Waals surface area contributed by atoms with Crippen LogP contribution in [0.25, 0.3) is 0 Å². The SMILES string of the molecule is CCC(C)CP(=C=O)(c1ccccc1)C1C=CC(=C=O)C(=C=O)C1=C=O.[Fe]. The van der Waals surface area contributed by atoms with Crippen molar-refractivity contribution in [3.8, 4) is 0 Å². The van der Waals surface area contributed by atoms with E-state index in [1.807, 2.05) is 44.2 Å². The zero-order chi connectivity index (χ0) is 19.2. The normalized spacial score (nSPS) is 18.9. The van der Waals surface area contributed by atoms with Gasteiger partial charge in [0.15, 0.2) is 0 Å². The van der Waals surface area contributed by atoms with Crippen molar-refractivity contribution in [3.05, 3.63) is 59.2 Å². The molecule has 1 aliphatic rings. The van der Waals surface area contributed by atoms with Crippen LogP contribution < -0.4 is 5.30 Å². The molecule has 1 aromatic rings. The van der Waals surface area contributed by atoms with E-state index < -0.39 is 12.5 Å². The van der Waals surface area contributed by atoms with Crippen molar-refractivity contribution < 1.29 is 36.2 Å². The fourth-order valence-electron chi connectivity index (χ4n) is 3.17. The number of hydrogen-bond donors (Lipinski definition) is 0. The van der Waals surface area contributed by atoms with Crippen molar-refractivity contribution in [2.24, 2.45) is 5.92 Å². The van der Waals surface area contributed by atoms with Gasteiger partial charge in [-0.1, -0.05) is 56.7 Å². The minimum Gasteiger partial charge on any atom is -0.234 e. The van der Waals surface area contributed by atoms with Gasteiger partial charge in [0.1, 0.15) is 23.5 Å². The molecule has 0 aromatic heterocycles. The minimum absolute atomic E-state index is 0. The minimum atomic E-state index is -2.67. The van der Waals surface area contributed by atoms with Gasteiger partial charge in [0.25, 0.3) is 0 Å². The average Bonchev–Trinajstić information content (AvgIpc) is 2.71. The summed E-state index contributed by atoms with van der Waals surface area (Å²) in [6, 6.07) is 9.23. The van der Waals surface area contributed by atoms with Crippen LogP contribution in [-0.4, -0.2) is 35.3 Å². The molecule has 6 heteroatoms. The fraction of sp³-hybridized carbons (Fsp3) is 0.286. The monoisotopic (exact) mass is 422 g/mol. The Hall–Kier alpha value is -2.16. The van der Waals surface area contributed by atoms with Crippen LogP contribution in [0.1, 0.15) is 20.3 Å². The predicted molar refractivity (Wildman–Crippen MR) is 104 cm³/mol. The standard InChI is InChI=1S/C21H19O4P.Fe/c1-3-16(2)14-26(15-25,18-7-5-4-6-8-18)21-10-9-17(11-22)19(12-23)20(21)13-24;/h4-10,16,21H,3,14H2,1-2H3;. The summed E-state index contributed by atoms with van der Waals surface area (Å²) in [5.74, 6) is 5.31. The van der Waals surface area contributed by atoms with Crippen molar-refractivity contribution in [3.63, 3.8) is 0 Å². The van der Waals surface area contributed by atoms with E-state index in [0.29, 0.717) is 6.16 Å². The first-order chi connectivity index (χ1) is 12.6. The smallest absolute Gasteiger partial charge is 0.134 e. The second-order valence-electron chi connectivity index (χ2n) is 6.30. The molecule has 0 saturated heterocycles. The van der Waals surface area contributed by atoms with E-state index in [-0.39, 0.29) is 39.7 Å². The molecule has 1 aromatic carbocycles. The quantitative estimate of drug-likeness (QED) is 0.416. The summed E-state index contributed by atoms with van der Waals surface area (Å²) >= 11 is 0. The third kappa shape index (κ3) is 4.40. The Balaban J connectivity index is 0.00000364. The maximum absolute atomic E-state index is 12.3. The number of carbonyl (C=O) groups excluding carboxylic acids is 4. The van der Waals surface area contributed by atoms with Crippen LogP contribution in [0.2, 0.25) is 0 Å². The molecule has 140 valence electrons. The van der Waals surface area contributed by atoms with Gasteiger partial charge in [0, 0.05) is 29.6 Å². The maximum Gasteiger partial charge on any atom is 0.134 e. The van der Waals surface area contributed by atoms with E-state index in [4.69, 9.17) is 0 Å². The Morgan fingerprint density at radius 3 is 2.19 bits per heavy atom. The molecule has 0 amide bonds. The van der Waals surface area contributed by atoms with E-state index >= 15 is 0 Å². The van der Waals surface area contributed by atoms with Crippen LogP contribution in [0.15, 0.2) is 59.2 Å². The van der Waals surface area contributed by atoms with Gasteiger partial charge in [-0.25, -0.2) is 19.2 Å². The summed E-state index contributed by atoms with van der Waals surface area (Å²) in [7, 11) is 0. The summed E-state index contributed by atoms with van der Waals surface area (Å²) in [5.41, 5.74) is 1.40. The van der Waals surface area contributed by atoms with Crippen LogP contribution in [-0.2, 0) is 36.2 Å². The Labute approximate surface area is 169 Å².